The van der Waals surface area contributed by atoms with Crippen molar-refractivity contribution in [3.05, 3.63) is 28.2 Å². The summed E-state index contributed by atoms with van der Waals surface area (Å²) in [5, 5.41) is 3.29. The maximum absolute atomic E-state index is 11.7. The van der Waals surface area contributed by atoms with Gasteiger partial charge in [-0.2, -0.15) is 0 Å². The van der Waals surface area contributed by atoms with Crippen molar-refractivity contribution in [3.8, 4) is 0 Å². The Balaban J connectivity index is 2.53. The molecule has 0 radical (unpaired) electrons. The van der Waals surface area contributed by atoms with Crippen LogP contribution in [-0.2, 0) is 16.1 Å². The number of hydrogen-bond acceptors (Lipinski definition) is 4. The van der Waals surface area contributed by atoms with Gasteiger partial charge in [-0.3, -0.25) is 4.79 Å². The predicted octanol–water partition coefficient (Wildman–Crippen LogP) is 3.99. The quantitative estimate of drug-likeness (QED) is 0.615. The van der Waals surface area contributed by atoms with E-state index in [0.717, 1.165) is 22.5 Å². The van der Waals surface area contributed by atoms with Gasteiger partial charge >= 0.3 is 5.97 Å². The van der Waals surface area contributed by atoms with Crippen molar-refractivity contribution in [3.63, 3.8) is 0 Å². The molecule has 1 aromatic rings. The molecular weight excluding hydrogens is 338 g/mol. The fourth-order valence-electron chi connectivity index (χ4n) is 1.53. The molecule has 0 spiro atoms. The molecular formula is C15H22BrNO2S. The van der Waals surface area contributed by atoms with E-state index in [1.807, 2.05) is 32.9 Å². The SMILES string of the molecule is CCNCc1ccc(SCC(=O)OC(C)(C)C)cc1Br. The number of carbonyl (C=O) groups excluding carboxylic acids is 1. The molecule has 0 aliphatic rings. The fourth-order valence-corrected chi connectivity index (χ4v) is 2.91. The van der Waals surface area contributed by atoms with Crippen LogP contribution >= 0.6 is 27.7 Å². The molecule has 20 heavy (non-hydrogen) atoms. The van der Waals surface area contributed by atoms with Crippen LogP contribution in [0.3, 0.4) is 0 Å². The van der Waals surface area contributed by atoms with Gasteiger partial charge in [0.15, 0.2) is 0 Å². The van der Waals surface area contributed by atoms with Gasteiger partial charge in [0.05, 0.1) is 5.75 Å². The molecule has 0 amide bonds. The van der Waals surface area contributed by atoms with Gasteiger partial charge in [-0.15, -0.1) is 11.8 Å². The Bertz CT molecular complexity index is 458. The lowest BCUT2D eigenvalue weighted by Gasteiger charge is -2.19. The third-order valence-electron chi connectivity index (χ3n) is 2.37. The standard InChI is InChI=1S/C15H22BrNO2S/c1-5-17-9-11-6-7-12(8-13(11)16)20-10-14(18)19-15(2,3)4/h6-8,17H,5,9-10H2,1-4H3. The number of esters is 1. The van der Waals surface area contributed by atoms with Crippen LogP contribution in [-0.4, -0.2) is 23.9 Å². The van der Waals surface area contributed by atoms with Crippen LogP contribution in [0, 0.1) is 0 Å². The summed E-state index contributed by atoms with van der Waals surface area (Å²) in [4.78, 5) is 12.7. The second-order valence-electron chi connectivity index (χ2n) is 5.41. The molecule has 112 valence electrons. The molecule has 0 aliphatic carbocycles. The number of rotatable bonds is 6. The van der Waals surface area contributed by atoms with Gasteiger partial charge in [0, 0.05) is 15.9 Å². The van der Waals surface area contributed by atoms with E-state index in [1.54, 1.807) is 0 Å². The van der Waals surface area contributed by atoms with Crippen LogP contribution in [0.2, 0.25) is 0 Å². The van der Waals surface area contributed by atoms with Gasteiger partial charge in [0.1, 0.15) is 5.60 Å². The lowest BCUT2D eigenvalue weighted by molar-refractivity contribution is -0.151. The smallest absolute Gasteiger partial charge is 0.316 e. The van der Waals surface area contributed by atoms with Crippen molar-refractivity contribution in [2.24, 2.45) is 0 Å². The number of halogens is 1. The molecule has 1 rings (SSSR count). The summed E-state index contributed by atoms with van der Waals surface area (Å²) in [7, 11) is 0. The van der Waals surface area contributed by atoms with Crippen LogP contribution in [0.15, 0.2) is 27.6 Å². The zero-order valence-corrected chi connectivity index (χ0v) is 14.9. The lowest BCUT2D eigenvalue weighted by atomic mass is 10.2. The summed E-state index contributed by atoms with van der Waals surface area (Å²) in [5.74, 6) is 0.145. The maximum Gasteiger partial charge on any atom is 0.316 e. The summed E-state index contributed by atoms with van der Waals surface area (Å²) in [6, 6.07) is 6.15. The van der Waals surface area contributed by atoms with Crippen molar-refractivity contribution in [1.82, 2.24) is 5.32 Å². The van der Waals surface area contributed by atoms with E-state index < -0.39 is 5.60 Å². The van der Waals surface area contributed by atoms with E-state index in [0.29, 0.717) is 5.75 Å². The highest BCUT2D eigenvalue weighted by Crippen LogP contribution is 2.26. The molecule has 3 nitrogen and oxygen atoms in total. The first-order valence-electron chi connectivity index (χ1n) is 6.65. The first kappa shape index (κ1) is 17.5. The van der Waals surface area contributed by atoms with E-state index in [2.05, 4.69) is 34.2 Å². The van der Waals surface area contributed by atoms with E-state index in [-0.39, 0.29) is 5.97 Å². The minimum atomic E-state index is -0.423. The third-order valence-corrected chi connectivity index (χ3v) is 4.07. The second kappa shape index (κ2) is 8.05. The van der Waals surface area contributed by atoms with Crippen LogP contribution in [0.4, 0.5) is 0 Å². The summed E-state index contributed by atoms with van der Waals surface area (Å²) < 4.78 is 6.35. The van der Waals surface area contributed by atoms with Crippen LogP contribution in [0.25, 0.3) is 0 Å². The average Bonchev–Trinajstić information content (AvgIpc) is 2.33. The Hall–Kier alpha value is -0.520. The molecule has 5 heteroatoms. The van der Waals surface area contributed by atoms with Crippen LogP contribution in [0.5, 0.6) is 0 Å². The fraction of sp³-hybridized carbons (Fsp3) is 0.533. The first-order valence-corrected chi connectivity index (χ1v) is 8.43. The average molecular weight is 360 g/mol. The zero-order chi connectivity index (χ0) is 15.2. The molecule has 0 saturated heterocycles. The van der Waals surface area contributed by atoms with Crippen molar-refractivity contribution in [2.45, 2.75) is 44.7 Å². The van der Waals surface area contributed by atoms with Gasteiger partial charge in [0.2, 0.25) is 0 Å². The topological polar surface area (TPSA) is 38.3 Å². The van der Waals surface area contributed by atoms with Gasteiger partial charge in [-0.25, -0.2) is 0 Å². The van der Waals surface area contributed by atoms with Gasteiger partial charge < -0.3 is 10.1 Å². The van der Waals surface area contributed by atoms with E-state index >= 15 is 0 Å². The van der Waals surface area contributed by atoms with Crippen LogP contribution in [0.1, 0.15) is 33.3 Å². The molecule has 0 atom stereocenters. The first-order chi connectivity index (χ1) is 9.31. The lowest BCUT2D eigenvalue weighted by Crippen LogP contribution is -2.24. The third kappa shape index (κ3) is 6.77. The molecule has 1 aromatic carbocycles. The maximum atomic E-state index is 11.7. The summed E-state index contributed by atoms with van der Waals surface area (Å²) in [6.07, 6.45) is 0. The Morgan fingerprint density at radius 1 is 1.40 bits per heavy atom. The molecule has 0 saturated carbocycles. The molecule has 0 aliphatic heterocycles. The monoisotopic (exact) mass is 359 g/mol. The second-order valence-corrected chi connectivity index (χ2v) is 7.31. The Kier molecular flexibility index (Phi) is 7.06. The molecule has 0 fully saturated rings. The number of nitrogens with one attached hydrogen (secondary N) is 1. The van der Waals surface area contributed by atoms with Gasteiger partial charge in [0.25, 0.3) is 0 Å². The van der Waals surface area contributed by atoms with Crippen LogP contribution < -0.4 is 5.32 Å². The van der Waals surface area contributed by atoms with Crippen molar-refractivity contribution in [1.29, 1.82) is 0 Å². The molecule has 0 unspecified atom stereocenters. The van der Waals surface area contributed by atoms with Crippen molar-refractivity contribution in [2.75, 3.05) is 12.3 Å². The molecule has 0 bridgehead atoms. The highest BCUT2D eigenvalue weighted by atomic mass is 79.9. The van der Waals surface area contributed by atoms with E-state index in [9.17, 15) is 4.79 Å². The largest absolute Gasteiger partial charge is 0.459 e. The Labute approximate surface area is 134 Å². The van der Waals surface area contributed by atoms with Crippen molar-refractivity contribution >= 4 is 33.7 Å². The highest BCUT2D eigenvalue weighted by Gasteiger charge is 2.16. The molecule has 0 aromatic heterocycles. The number of thioether (sulfide) groups is 1. The highest BCUT2D eigenvalue weighted by molar-refractivity contribution is 9.10. The Morgan fingerprint density at radius 2 is 2.10 bits per heavy atom. The summed E-state index contributed by atoms with van der Waals surface area (Å²) in [6.45, 7) is 9.50. The predicted molar refractivity (Wildman–Crippen MR) is 88.1 cm³/mol. The number of carbonyl (C=O) groups is 1. The zero-order valence-electron chi connectivity index (χ0n) is 12.5. The Morgan fingerprint density at radius 3 is 2.65 bits per heavy atom. The van der Waals surface area contributed by atoms with E-state index in [1.165, 1.54) is 17.3 Å². The number of hydrogen-bond donors (Lipinski definition) is 1. The molecule has 1 N–H and O–H groups in total. The van der Waals surface area contributed by atoms with Crippen molar-refractivity contribution < 1.29 is 9.53 Å². The minimum Gasteiger partial charge on any atom is -0.459 e. The van der Waals surface area contributed by atoms with Gasteiger partial charge in [-0.1, -0.05) is 28.9 Å². The van der Waals surface area contributed by atoms with E-state index in [4.69, 9.17) is 4.74 Å². The number of ether oxygens (including phenoxy) is 1. The normalized spacial score (nSPS) is 11.4. The summed E-state index contributed by atoms with van der Waals surface area (Å²) in [5.41, 5.74) is 0.793. The summed E-state index contributed by atoms with van der Waals surface area (Å²) >= 11 is 5.05. The number of benzene rings is 1. The molecule has 0 heterocycles. The van der Waals surface area contributed by atoms with Gasteiger partial charge in [-0.05, 0) is 45.0 Å². The minimum absolute atomic E-state index is 0.185.